The molecule has 1 aliphatic rings. The Morgan fingerprint density at radius 1 is 1.07 bits per heavy atom. The predicted octanol–water partition coefficient (Wildman–Crippen LogP) is 1.39. The number of carbonyl (C=O) groups excluding carboxylic acids is 1. The number of hydrogen-bond donors (Lipinski definition) is 1. The number of anilines is 2. The number of amides is 1. The number of nitrogens with zero attached hydrogens (tertiary/aromatic N) is 3. The van der Waals surface area contributed by atoms with Gasteiger partial charge in [-0.25, -0.2) is 9.18 Å². The molecule has 2 heterocycles. The topological polar surface area (TPSA) is 76.3 Å². The Hall–Kier alpha value is -2.90. The standard InChI is InChI=1S/C19H23FN4O3/c1-12-16(18(26)23(3)19(27)22(12)2)24-10-8-13(9-11-24)17(25)21-15-6-4-14(20)5-7-15/h4-7,13H,8-11H2,1-3H3,(H,21,25). The summed E-state index contributed by atoms with van der Waals surface area (Å²) in [7, 11) is 3.11. The van der Waals surface area contributed by atoms with Crippen LogP contribution in [0.1, 0.15) is 18.5 Å². The van der Waals surface area contributed by atoms with Gasteiger partial charge in [-0.1, -0.05) is 0 Å². The van der Waals surface area contributed by atoms with Gasteiger partial charge in [-0.15, -0.1) is 0 Å². The Kier molecular flexibility index (Phi) is 5.16. The lowest BCUT2D eigenvalue weighted by Gasteiger charge is -2.33. The molecular weight excluding hydrogens is 351 g/mol. The molecule has 0 atom stereocenters. The van der Waals surface area contributed by atoms with Gasteiger partial charge in [-0.05, 0) is 44.0 Å². The number of rotatable bonds is 3. The molecule has 0 bridgehead atoms. The maximum absolute atomic E-state index is 13.0. The molecule has 0 aliphatic carbocycles. The van der Waals surface area contributed by atoms with Crippen LogP contribution in [0.25, 0.3) is 0 Å². The van der Waals surface area contributed by atoms with Gasteiger partial charge in [0.15, 0.2) is 0 Å². The van der Waals surface area contributed by atoms with Crippen LogP contribution in [0.15, 0.2) is 33.9 Å². The quantitative estimate of drug-likeness (QED) is 0.881. The largest absolute Gasteiger partial charge is 0.366 e. The minimum atomic E-state index is -0.352. The average Bonchev–Trinajstić information content (AvgIpc) is 2.67. The maximum atomic E-state index is 13.0. The first-order valence-corrected chi connectivity index (χ1v) is 8.87. The summed E-state index contributed by atoms with van der Waals surface area (Å²) in [6.07, 6.45) is 1.19. The SMILES string of the molecule is Cc1c(N2CCC(C(=O)Nc3ccc(F)cc3)CC2)c(=O)n(C)c(=O)n1C. The van der Waals surface area contributed by atoms with Crippen LogP contribution in [0.4, 0.5) is 15.8 Å². The van der Waals surface area contributed by atoms with Gasteiger partial charge >= 0.3 is 5.69 Å². The second-order valence-corrected chi connectivity index (χ2v) is 6.90. The van der Waals surface area contributed by atoms with Crippen molar-refractivity contribution in [3.8, 4) is 0 Å². The predicted molar refractivity (Wildman–Crippen MR) is 102 cm³/mol. The molecule has 1 saturated heterocycles. The van der Waals surface area contributed by atoms with Gasteiger partial charge in [0, 0.05) is 44.5 Å². The van der Waals surface area contributed by atoms with Crippen LogP contribution >= 0.6 is 0 Å². The fourth-order valence-electron chi connectivity index (χ4n) is 3.43. The molecule has 0 radical (unpaired) electrons. The van der Waals surface area contributed by atoms with Crippen LogP contribution in [0.3, 0.4) is 0 Å². The van der Waals surface area contributed by atoms with E-state index in [1.807, 2.05) is 4.90 Å². The lowest BCUT2D eigenvalue weighted by molar-refractivity contribution is -0.120. The Morgan fingerprint density at radius 3 is 2.26 bits per heavy atom. The highest BCUT2D eigenvalue weighted by molar-refractivity contribution is 5.92. The fraction of sp³-hybridized carbons (Fsp3) is 0.421. The summed E-state index contributed by atoms with van der Waals surface area (Å²) >= 11 is 0. The molecule has 1 aromatic heterocycles. The van der Waals surface area contributed by atoms with Crippen molar-refractivity contribution in [2.45, 2.75) is 19.8 Å². The number of piperidine rings is 1. The number of carbonyl (C=O) groups is 1. The summed E-state index contributed by atoms with van der Waals surface area (Å²) in [5.74, 6) is -0.634. The molecule has 1 fully saturated rings. The number of aromatic nitrogens is 2. The summed E-state index contributed by atoms with van der Waals surface area (Å²) < 4.78 is 15.5. The van der Waals surface area contributed by atoms with Crippen molar-refractivity contribution in [3.63, 3.8) is 0 Å². The molecule has 1 amide bonds. The summed E-state index contributed by atoms with van der Waals surface area (Å²) in [6, 6.07) is 5.66. The first-order chi connectivity index (χ1) is 12.8. The van der Waals surface area contributed by atoms with E-state index in [1.165, 1.54) is 35.9 Å². The maximum Gasteiger partial charge on any atom is 0.330 e. The average molecular weight is 374 g/mol. The van der Waals surface area contributed by atoms with E-state index in [-0.39, 0.29) is 28.9 Å². The van der Waals surface area contributed by atoms with E-state index >= 15 is 0 Å². The number of hydrogen-bond acceptors (Lipinski definition) is 4. The zero-order valence-corrected chi connectivity index (χ0v) is 15.7. The zero-order valence-electron chi connectivity index (χ0n) is 15.7. The van der Waals surface area contributed by atoms with Crippen molar-refractivity contribution in [1.29, 1.82) is 0 Å². The summed E-state index contributed by atoms with van der Waals surface area (Å²) in [5, 5.41) is 2.81. The second-order valence-electron chi connectivity index (χ2n) is 6.90. The van der Waals surface area contributed by atoms with Gasteiger partial charge in [0.25, 0.3) is 5.56 Å². The highest BCUT2D eigenvalue weighted by Gasteiger charge is 2.28. The van der Waals surface area contributed by atoms with Gasteiger partial charge in [0.1, 0.15) is 11.5 Å². The van der Waals surface area contributed by atoms with E-state index in [0.29, 0.717) is 43.0 Å². The van der Waals surface area contributed by atoms with Crippen molar-refractivity contribution in [3.05, 3.63) is 56.6 Å². The summed E-state index contributed by atoms with van der Waals surface area (Å²) in [4.78, 5) is 38.9. The molecule has 2 aromatic rings. The monoisotopic (exact) mass is 374 g/mol. The minimum absolute atomic E-state index is 0.105. The summed E-state index contributed by atoms with van der Waals surface area (Å²) in [5.41, 5.74) is 1.03. The van der Waals surface area contributed by atoms with Crippen molar-refractivity contribution >= 4 is 17.3 Å². The molecule has 0 unspecified atom stereocenters. The van der Waals surface area contributed by atoms with Crippen LogP contribution in [0, 0.1) is 18.7 Å². The van der Waals surface area contributed by atoms with Crippen molar-refractivity contribution < 1.29 is 9.18 Å². The third kappa shape index (κ3) is 3.65. The smallest absolute Gasteiger partial charge is 0.330 e. The first kappa shape index (κ1) is 18.9. The Balaban J connectivity index is 1.71. The summed E-state index contributed by atoms with van der Waals surface area (Å²) in [6.45, 7) is 2.86. The van der Waals surface area contributed by atoms with Crippen molar-refractivity contribution in [2.24, 2.45) is 20.0 Å². The number of benzene rings is 1. The van der Waals surface area contributed by atoms with E-state index in [4.69, 9.17) is 0 Å². The Morgan fingerprint density at radius 2 is 1.67 bits per heavy atom. The number of halogens is 1. The molecular formula is C19H23FN4O3. The highest BCUT2D eigenvalue weighted by atomic mass is 19.1. The van der Waals surface area contributed by atoms with Gasteiger partial charge < -0.3 is 10.2 Å². The van der Waals surface area contributed by atoms with Crippen LogP contribution in [-0.2, 0) is 18.9 Å². The molecule has 8 heteroatoms. The first-order valence-electron chi connectivity index (χ1n) is 8.87. The van der Waals surface area contributed by atoms with Gasteiger partial charge in [-0.2, -0.15) is 0 Å². The molecule has 7 nitrogen and oxygen atoms in total. The lowest BCUT2D eigenvalue weighted by atomic mass is 9.95. The molecule has 3 rings (SSSR count). The van der Waals surface area contributed by atoms with Crippen LogP contribution in [-0.4, -0.2) is 28.1 Å². The van der Waals surface area contributed by atoms with E-state index in [9.17, 15) is 18.8 Å². The fourth-order valence-corrected chi connectivity index (χ4v) is 3.43. The van der Waals surface area contributed by atoms with Gasteiger partial charge in [-0.3, -0.25) is 18.7 Å². The van der Waals surface area contributed by atoms with Gasteiger partial charge in [0.05, 0.1) is 0 Å². The molecule has 1 N–H and O–H groups in total. The third-order valence-electron chi connectivity index (χ3n) is 5.22. The van der Waals surface area contributed by atoms with E-state index in [1.54, 1.807) is 14.0 Å². The van der Waals surface area contributed by atoms with E-state index in [2.05, 4.69) is 5.32 Å². The van der Waals surface area contributed by atoms with Gasteiger partial charge in [0.2, 0.25) is 5.91 Å². The lowest BCUT2D eigenvalue weighted by Crippen LogP contribution is -2.46. The molecule has 1 aromatic carbocycles. The second kappa shape index (κ2) is 7.38. The minimum Gasteiger partial charge on any atom is -0.366 e. The van der Waals surface area contributed by atoms with E-state index in [0.717, 1.165) is 4.57 Å². The molecule has 0 saturated carbocycles. The molecule has 144 valence electrons. The zero-order chi connectivity index (χ0) is 19.7. The van der Waals surface area contributed by atoms with Crippen molar-refractivity contribution in [2.75, 3.05) is 23.3 Å². The van der Waals surface area contributed by atoms with E-state index < -0.39 is 0 Å². The highest BCUT2D eigenvalue weighted by Crippen LogP contribution is 2.24. The number of nitrogens with one attached hydrogen (secondary N) is 1. The molecule has 1 aliphatic heterocycles. The normalized spacial score (nSPS) is 15.0. The Labute approximate surface area is 156 Å². The van der Waals surface area contributed by atoms with Crippen LogP contribution < -0.4 is 21.5 Å². The molecule has 27 heavy (non-hydrogen) atoms. The third-order valence-corrected chi connectivity index (χ3v) is 5.22. The molecule has 0 spiro atoms. The Bertz CT molecular complexity index is 970. The van der Waals surface area contributed by atoms with Crippen LogP contribution in [0.5, 0.6) is 0 Å². The van der Waals surface area contributed by atoms with Crippen LogP contribution in [0.2, 0.25) is 0 Å². The van der Waals surface area contributed by atoms with Crippen molar-refractivity contribution in [1.82, 2.24) is 9.13 Å².